The molecule has 0 saturated carbocycles. The molecule has 0 aromatic carbocycles. The van der Waals surface area contributed by atoms with Gasteiger partial charge in [0.15, 0.2) is 17.4 Å². The third-order valence-electron chi connectivity index (χ3n) is 0. The zero-order valence-electron chi connectivity index (χ0n) is 8.86. The molecule has 0 saturated heterocycles. The summed E-state index contributed by atoms with van der Waals surface area (Å²) < 4.78 is 8.74. The van der Waals surface area contributed by atoms with E-state index in [1.54, 1.807) is 0 Å². The molecule has 0 aliphatic carbocycles. The van der Waals surface area contributed by atoms with Crippen LogP contribution in [0.15, 0.2) is 0 Å². The molecule has 0 aromatic heterocycles. The van der Waals surface area contributed by atoms with E-state index in [1.165, 1.54) is 0 Å². The first kappa shape index (κ1) is 38.1. The number of rotatable bonds is 0. The Bertz CT molecular complexity index is 58.4. The van der Waals surface area contributed by atoms with Crippen molar-refractivity contribution in [3.63, 3.8) is 0 Å². The first-order valence-corrected chi connectivity index (χ1v) is 1.95. The van der Waals surface area contributed by atoms with Gasteiger partial charge in [-0.25, -0.2) is 0 Å². The first-order valence-electron chi connectivity index (χ1n) is 0.651. The molecule has 0 bridgehead atoms. The van der Waals surface area contributed by atoms with E-state index in [0.29, 0.717) is 0 Å². The van der Waals surface area contributed by atoms with E-state index in [2.05, 4.69) is 0 Å². The second-order valence-corrected chi connectivity index (χ2v) is 0.848. The standard InChI is InChI=1S/Al.Fe.K.Mg.Na.H2O3Si.7H/c;;;;;1-4(2)3;;;;;;;/h;;;;;1-2H;;;;;;;/q;;+1;+2;+1;;;;;4*-1. The fraction of sp³-hybridized carbons (Fsp3) is 0. The fourth-order valence-electron chi connectivity index (χ4n) is 0. The Kier molecular flexibility index (Phi) is 125. The third kappa shape index (κ3) is 73.9. The molecule has 0 rings (SSSR count). The van der Waals surface area contributed by atoms with Crippen LogP contribution in [-0.2, 0) is 21.5 Å². The van der Waals surface area contributed by atoms with Crippen molar-refractivity contribution in [3.8, 4) is 0 Å². The van der Waals surface area contributed by atoms with Crippen molar-refractivity contribution in [3.05, 3.63) is 0 Å². The van der Waals surface area contributed by atoms with Crippen molar-refractivity contribution >= 4 is 49.6 Å². The largest absolute Gasteiger partial charge is 2.00 e. The van der Waals surface area contributed by atoms with Gasteiger partial charge in [0.1, 0.15) is 0 Å². The van der Waals surface area contributed by atoms with Crippen LogP contribution in [-0.4, -0.2) is 59.2 Å². The van der Waals surface area contributed by atoms with Gasteiger partial charge in [-0.2, -0.15) is 0 Å². The SMILES string of the molecule is O=[Si](O)O.[AlH3].[Fe].[H-].[H-].[H-].[H-].[K+].[Mg+2].[Na+]. The van der Waals surface area contributed by atoms with Gasteiger partial charge < -0.3 is 15.3 Å². The van der Waals surface area contributed by atoms with Gasteiger partial charge in [0.25, 0.3) is 0 Å². The van der Waals surface area contributed by atoms with Crippen LogP contribution in [0.5, 0.6) is 0 Å². The normalized spacial score (nSPS) is 2.67. The van der Waals surface area contributed by atoms with Crippen LogP contribution in [0.4, 0.5) is 0 Å². The molecule has 0 radical (unpaired) electrons. The van der Waals surface area contributed by atoms with Gasteiger partial charge in [0, 0.05) is 17.1 Å². The Balaban J connectivity index is -0.00000000125. The molecule has 0 spiro atoms. The van der Waals surface area contributed by atoms with E-state index >= 15 is 0 Å². The van der Waals surface area contributed by atoms with Crippen LogP contribution >= 0.6 is 0 Å². The quantitative estimate of drug-likeness (QED) is 0.422. The number of hydrogen-bond acceptors (Lipinski definition) is 1. The van der Waals surface area contributed by atoms with Gasteiger partial charge in [-0.05, 0) is 0 Å². The summed E-state index contributed by atoms with van der Waals surface area (Å²) in [6.07, 6.45) is 0. The molecule has 0 heterocycles. The molecular formula is H9AlFeKMgNaO3Si. The van der Waals surface area contributed by atoms with Gasteiger partial charge in [0.2, 0.25) is 0 Å². The van der Waals surface area contributed by atoms with Crippen LogP contribution in [0.2, 0.25) is 0 Å². The predicted octanol–water partition coefficient (Wildman–Crippen LogP) is -8.72. The Hall–Kier alpha value is 4.07. The monoisotopic (exact) mass is 254 g/mol. The molecule has 0 aliphatic heterocycles. The molecule has 3 nitrogen and oxygen atoms in total. The summed E-state index contributed by atoms with van der Waals surface area (Å²) in [6.45, 7) is 0. The van der Waals surface area contributed by atoms with E-state index in [4.69, 9.17) is 14.1 Å². The Morgan fingerprint density at radius 3 is 1.33 bits per heavy atom. The second-order valence-electron chi connectivity index (χ2n) is 0.283. The minimum atomic E-state index is -3.13. The Labute approximate surface area is 163 Å². The van der Waals surface area contributed by atoms with E-state index in [0.717, 1.165) is 0 Å². The molecule has 9 heavy (non-hydrogen) atoms. The maximum atomic E-state index is 8.74. The minimum absolute atomic E-state index is 0. The Morgan fingerprint density at radius 1 is 1.33 bits per heavy atom. The topological polar surface area (TPSA) is 57.5 Å². The number of hydrogen-bond donors (Lipinski definition) is 2. The fourth-order valence-corrected chi connectivity index (χ4v) is 0. The van der Waals surface area contributed by atoms with E-state index in [-0.39, 0.29) is 144 Å². The maximum Gasteiger partial charge on any atom is 2.00 e. The average molecular weight is 254 g/mol. The summed E-state index contributed by atoms with van der Waals surface area (Å²) in [5.74, 6) is 0. The summed E-state index contributed by atoms with van der Waals surface area (Å²) in [4.78, 5) is 14.3. The van der Waals surface area contributed by atoms with Gasteiger partial charge >= 0.3 is 113 Å². The van der Waals surface area contributed by atoms with Crippen LogP contribution in [0, 0.1) is 0 Å². The summed E-state index contributed by atoms with van der Waals surface area (Å²) >= 11 is 0. The van der Waals surface area contributed by atoms with Crippen molar-refractivity contribution in [2.45, 2.75) is 0 Å². The summed E-state index contributed by atoms with van der Waals surface area (Å²) in [5.41, 5.74) is 0. The summed E-state index contributed by atoms with van der Waals surface area (Å²) in [6, 6.07) is 0. The molecule has 46 valence electrons. The predicted molar refractivity (Wildman–Crippen MR) is 31.0 cm³/mol. The molecule has 0 aromatic rings. The van der Waals surface area contributed by atoms with Crippen LogP contribution in [0.25, 0.3) is 0 Å². The Morgan fingerprint density at radius 2 is 1.33 bits per heavy atom. The zero-order valence-corrected chi connectivity index (χ0v) is 13.5. The van der Waals surface area contributed by atoms with Gasteiger partial charge in [-0.1, -0.05) is 0 Å². The van der Waals surface area contributed by atoms with Crippen molar-refractivity contribution in [1.29, 1.82) is 0 Å². The first-order chi connectivity index (χ1) is 1.73. The summed E-state index contributed by atoms with van der Waals surface area (Å²) in [5, 5.41) is 0. The van der Waals surface area contributed by atoms with Crippen molar-refractivity contribution in [1.82, 2.24) is 0 Å². The smallest absolute Gasteiger partial charge is 1.00 e. The van der Waals surface area contributed by atoms with Gasteiger partial charge in [-0.3, -0.25) is 4.46 Å². The maximum absolute atomic E-state index is 8.74. The average Bonchev–Trinajstić information content (AvgIpc) is 0.811. The summed E-state index contributed by atoms with van der Waals surface area (Å²) in [7, 11) is -3.13. The van der Waals surface area contributed by atoms with E-state index < -0.39 is 9.17 Å². The third-order valence-corrected chi connectivity index (χ3v) is 0. The van der Waals surface area contributed by atoms with Crippen LogP contribution in [0.3, 0.4) is 0 Å². The van der Waals surface area contributed by atoms with Crippen LogP contribution in [0.1, 0.15) is 5.71 Å². The van der Waals surface area contributed by atoms with E-state index in [1.807, 2.05) is 0 Å². The van der Waals surface area contributed by atoms with Gasteiger partial charge in [-0.15, -0.1) is 0 Å². The van der Waals surface area contributed by atoms with E-state index in [9.17, 15) is 0 Å². The minimum Gasteiger partial charge on any atom is -1.00 e. The molecule has 0 fully saturated rings. The molecule has 9 heteroatoms. The zero-order chi connectivity index (χ0) is 3.58. The molecule has 0 atom stereocenters. The molecule has 0 aliphatic rings. The van der Waals surface area contributed by atoms with Crippen LogP contribution < -0.4 is 80.9 Å². The molecule has 2 N–H and O–H groups in total. The van der Waals surface area contributed by atoms with Crippen molar-refractivity contribution in [2.24, 2.45) is 0 Å². The molecule has 0 amide bonds. The molecule has 0 unspecified atom stereocenters. The molecular weight excluding hydrogens is 245 g/mol. The van der Waals surface area contributed by atoms with Gasteiger partial charge in [0.05, 0.1) is 0 Å². The van der Waals surface area contributed by atoms with Crippen molar-refractivity contribution in [2.75, 3.05) is 0 Å². The second kappa shape index (κ2) is 29.6. The van der Waals surface area contributed by atoms with Crippen molar-refractivity contribution < 1.29 is 118 Å².